The van der Waals surface area contributed by atoms with Crippen LogP contribution in [0.4, 0.5) is 0 Å². The molecule has 0 amide bonds. The number of hydrogen-bond acceptors (Lipinski definition) is 2. The fraction of sp³-hybridized carbons (Fsp3) is 0.900. The third-order valence-corrected chi connectivity index (χ3v) is 2.14. The summed E-state index contributed by atoms with van der Waals surface area (Å²) in [5.74, 6) is 0.154. The maximum Gasteiger partial charge on any atom is 0.161 e. The van der Waals surface area contributed by atoms with Crippen LogP contribution in [0.3, 0.4) is 0 Å². The van der Waals surface area contributed by atoms with Crippen molar-refractivity contribution in [3.8, 4) is 0 Å². The van der Waals surface area contributed by atoms with Crippen LogP contribution < -0.4 is 0 Å². The molecular weight excluding hydrogens is 152 g/mol. The van der Waals surface area contributed by atoms with Gasteiger partial charge in [0.1, 0.15) is 11.7 Å². The molecule has 0 aromatic rings. The summed E-state index contributed by atoms with van der Waals surface area (Å²) in [6.45, 7) is 10.1. The number of ketones is 1. The standard InChI is InChI=1S/C10H18O2/c1-7(11)8-10(5,12-8)6-9(2,3)4/h8H,6H2,1-5H3. The summed E-state index contributed by atoms with van der Waals surface area (Å²) in [5, 5.41) is 0. The smallest absolute Gasteiger partial charge is 0.161 e. The lowest BCUT2D eigenvalue weighted by molar-refractivity contribution is -0.118. The number of epoxide rings is 1. The van der Waals surface area contributed by atoms with Crippen molar-refractivity contribution in [3.05, 3.63) is 0 Å². The van der Waals surface area contributed by atoms with Gasteiger partial charge in [-0.15, -0.1) is 0 Å². The second-order valence-electron chi connectivity index (χ2n) is 5.16. The third-order valence-electron chi connectivity index (χ3n) is 2.14. The van der Waals surface area contributed by atoms with E-state index in [1.54, 1.807) is 6.92 Å². The Bertz CT molecular complexity index is 202. The monoisotopic (exact) mass is 170 g/mol. The summed E-state index contributed by atoms with van der Waals surface area (Å²) < 4.78 is 5.39. The Morgan fingerprint density at radius 1 is 1.50 bits per heavy atom. The number of ether oxygens (including phenoxy) is 1. The highest BCUT2D eigenvalue weighted by molar-refractivity contribution is 5.84. The molecule has 70 valence electrons. The molecule has 0 radical (unpaired) electrons. The van der Waals surface area contributed by atoms with Crippen molar-refractivity contribution in [1.82, 2.24) is 0 Å². The molecule has 2 heteroatoms. The van der Waals surface area contributed by atoms with E-state index in [4.69, 9.17) is 4.74 Å². The lowest BCUT2D eigenvalue weighted by Crippen LogP contribution is -2.22. The Hall–Kier alpha value is -0.370. The molecule has 0 saturated carbocycles. The molecule has 2 unspecified atom stereocenters. The van der Waals surface area contributed by atoms with E-state index in [2.05, 4.69) is 20.8 Å². The lowest BCUT2D eigenvalue weighted by Gasteiger charge is -2.20. The van der Waals surface area contributed by atoms with Crippen molar-refractivity contribution < 1.29 is 9.53 Å². The van der Waals surface area contributed by atoms with Crippen LogP contribution in [0.25, 0.3) is 0 Å². The molecule has 1 aliphatic rings. The Morgan fingerprint density at radius 3 is 2.25 bits per heavy atom. The molecule has 1 rings (SSSR count). The maximum absolute atomic E-state index is 11.0. The van der Waals surface area contributed by atoms with Crippen molar-refractivity contribution in [2.75, 3.05) is 0 Å². The van der Waals surface area contributed by atoms with Crippen molar-refractivity contribution in [3.63, 3.8) is 0 Å². The number of rotatable bonds is 2. The summed E-state index contributed by atoms with van der Waals surface area (Å²) in [6.07, 6.45) is 0.807. The van der Waals surface area contributed by atoms with Crippen LogP contribution in [0.15, 0.2) is 0 Å². The van der Waals surface area contributed by atoms with Crippen LogP contribution in [0.2, 0.25) is 0 Å². The van der Waals surface area contributed by atoms with E-state index in [0.29, 0.717) is 0 Å². The zero-order valence-corrected chi connectivity index (χ0v) is 8.60. The predicted octanol–water partition coefficient (Wildman–Crippen LogP) is 2.17. The highest BCUT2D eigenvalue weighted by Crippen LogP contribution is 2.45. The molecule has 1 aliphatic heterocycles. The quantitative estimate of drug-likeness (QED) is 0.594. The summed E-state index contributed by atoms with van der Waals surface area (Å²) in [6, 6.07) is 0. The van der Waals surface area contributed by atoms with Gasteiger partial charge in [0.2, 0.25) is 0 Å². The maximum atomic E-state index is 11.0. The summed E-state index contributed by atoms with van der Waals surface area (Å²) in [7, 11) is 0. The molecule has 12 heavy (non-hydrogen) atoms. The minimum absolute atomic E-state index is 0.142. The summed E-state index contributed by atoms with van der Waals surface area (Å²) in [4.78, 5) is 11.0. The molecule has 0 spiro atoms. The number of hydrogen-bond donors (Lipinski definition) is 0. The summed E-state index contributed by atoms with van der Waals surface area (Å²) >= 11 is 0. The van der Waals surface area contributed by atoms with Gasteiger partial charge in [0.25, 0.3) is 0 Å². The first-order valence-corrected chi connectivity index (χ1v) is 4.43. The van der Waals surface area contributed by atoms with Crippen LogP contribution in [0.5, 0.6) is 0 Å². The topological polar surface area (TPSA) is 29.6 Å². The van der Waals surface area contributed by atoms with E-state index in [-0.39, 0.29) is 22.9 Å². The van der Waals surface area contributed by atoms with Crippen molar-refractivity contribution in [1.29, 1.82) is 0 Å². The number of Topliss-reactive ketones (excluding diaryl/α,β-unsaturated/α-hetero) is 1. The molecule has 0 aliphatic carbocycles. The zero-order chi connectivity index (χ0) is 9.57. The van der Waals surface area contributed by atoms with Crippen molar-refractivity contribution >= 4 is 5.78 Å². The van der Waals surface area contributed by atoms with E-state index in [0.717, 1.165) is 6.42 Å². The summed E-state index contributed by atoms with van der Waals surface area (Å²) in [5.41, 5.74) is 0.0586. The molecule has 0 aromatic heterocycles. The van der Waals surface area contributed by atoms with Gasteiger partial charge in [0, 0.05) is 0 Å². The first-order chi connectivity index (χ1) is 5.25. The van der Waals surface area contributed by atoms with Crippen LogP contribution >= 0.6 is 0 Å². The van der Waals surface area contributed by atoms with Crippen molar-refractivity contribution in [2.24, 2.45) is 5.41 Å². The van der Waals surface area contributed by atoms with Gasteiger partial charge in [-0.05, 0) is 25.7 Å². The van der Waals surface area contributed by atoms with Gasteiger partial charge in [-0.1, -0.05) is 20.8 Å². The minimum atomic E-state index is -0.177. The largest absolute Gasteiger partial charge is 0.358 e. The second kappa shape index (κ2) is 2.56. The highest BCUT2D eigenvalue weighted by Gasteiger charge is 2.56. The zero-order valence-electron chi connectivity index (χ0n) is 8.60. The molecule has 0 aromatic carbocycles. The van der Waals surface area contributed by atoms with Gasteiger partial charge in [-0.2, -0.15) is 0 Å². The van der Waals surface area contributed by atoms with Gasteiger partial charge < -0.3 is 4.74 Å². The fourth-order valence-corrected chi connectivity index (χ4v) is 1.94. The van der Waals surface area contributed by atoms with Gasteiger partial charge in [-0.3, -0.25) is 4.79 Å². The first-order valence-electron chi connectivity index (χ1n) is 4.43. The van der Waals surface area contributed by atoms with E-state index in [9.17, 15) is 4.79 Å². The molecule has 0 bridgehead atoms. The predicted molar refractivity (Wildman–Crippen MR) is 48.0 cm³/mol. The Balaban J connectivity index is 2.51. The Labute approximate surface area is 74.3 Å². The van der Waals surface area contributed by atoms with Gasteiger partial charge in [0.05, 0.1) is 0 Å². The molecule has 1 saturated heterocycles. The van der Waals surface area contributed by atoms with E-state index < -0.39 is 0 Å². The van der Waals surface area contributed by atoms with Crippen LogP contribution in [0, 0.1) is 5.41 Å². The van der Waals surface area contributed by atoms with Crippen LogP contribution in [0.1, 0.15) is 41.0 Å². The SMILES string of the molecule is CC(=O)C1OC1(C)CC(C)(C)C. The normalized spacial score (nSPS) is 34.9. The molecule has 2 nitrogen and oxygen atoms in total. The van der Waals surface area contributed by atoms with E-state index in [1.807, 2.05) is 6.92 Å². The number of carbonyl (C=O) groups excluding carboxylic acids is 1. The van der Waals surface area contributed by atoms with E-state index in [1.165, 1.54) is 0 Å². The average molecular weight is 170 g/mol. The van der Waals surface area contributed by atoms with E-state index >= 15 is 0 Å². The molecule has 2 atom stereocenters. The Morgan fingerprint density at radius 2 is 2.00 bits per heavy atom. The van der Waals surface area contributed by atoms with Gasteiger partial charge in [0.15, 0.2) is 5.78 Å². The molecule has 1 heterocycles. The van der Waals surface area contributed by atoms with Crippen LogP contribution in [-0.2, 0) is 9.53 Å². The van der Waals surface area contributed by atoms with Gasteiger partial charge >= 0.3 is 0 Å². The van der Waals surface area contributed by atoms with Crippen molar-refractivity contribution in [2.45, 2.75) is 52.7 Å². The lowest BCUT2D eigenvalue weighted by atomic mass is 9.83. The van der Waals surface area contributed by atoms with Crippen LogP contribution in [-0.4, -0.2) is 17.5 Å². The average Bonchev–Trinajstić information content (AvgIpc) is 2.36. The first kappa shape index (κ1) is 9.72. The minimum Gasteiger partial charge on any atom is -0.358 e. The second-order valence-corrected chi connectivity index (χ2v) is 5.16. The fourth-order valence-electron chi connectivity index (χ4n) is 1.94. The Kier molecular flexibility index (Phi) is 2.07. The number of carbonyl (C=O) groups is 1. The highest BCUT2D eigenvalue weighted by atomic mass is 16.6. The molecule has 0 N–H and O–H groups in total. The third kappa shape index (κ3) is 2.07. The molecule has 1 fully saturated rings. The molecular formula is C10H18O2. The van der Waals surface area contributed by atoms with Gasteiger partial charge in [-0.25, -0.2) is 0 Å².